The van der Waals surface area contributed by atoms with Crippen LogP contribution in [0.15, 0.2) is 24.3 Å². The third-order valence-corrected chi connectivity index (χ3v) is 6.72. The van der Waals surface area contributed by atoms with E-state index in [0.29, 0.717) is 29.7 Å². The summed E-state index contributed by atoms with van der Waals surface area (Å²) >= 11 is 0. The largest absolute Gasteiger partial charge is 0.426 e. The second-order valence-electron chi connectivity index (χ2n) is 8.53. The average molecular weight is 383 g/mol. The highest BCUT2D eigenvalue weighted by Crippen LogP contribution is 2.56. The summed E-state index contributed by atoms with van der Waals surface area (Å²) in [6, 6.07) is 6.84. The Balaban J connectivity index is 1.40. The highest BCUT2D eigenvalue weighted by Gasteiger charge is 2.61. The minimum atomic E-state index is -0.261. The molecular weight excluding hydrogens is 354 g/mol. The van der Waals surface area contributed by atoms with E-state index in [1.807, 2.05) is 0 Å². The minimum absolute atomic E-state index is 0.0680. The lowest BCUT2D eigenvalue weighted by molar-refractivity contribution is -0.134. The van der Waals surface area contributed by atoms with Gasteiger partial charge in [-0.3, -0.25) is 14.4 Å². The summed E-state index contributed by atoms with van der Waals surface area (Å²) in [4.78, 5) is 39.3. The van der Waals surface area contributed by atoms with Gasteiger partial charge >= 0.3 is 5.97 Å². The molecule has 28 heavy (non-hydrogen) atoms. The summed E-state index contributed by atoms with van der Waals surface area (Å²) in [5, 5.41) is 0. The van der Waals surface area contributed by atoms with Crippen LogP contribution in [-0.2, 0) is 14.4 Å². The third-order valence-electron chi connectivity index (χ3n) is 6.72. The van der Waals surface area contributed by atoms with Crippen LogP contribution in [0.4, 0.5) is 5.69 Å². The standard InChI is InChI=1S/C23H29NO4/c1-2-3-4-5-6-10-19(25)28-18-9-7-8-17(14-18)24-22(26)20-15-11-12-16(13-15)21(20)23(24)27/h7-9,14-16,20-21H,2-6,10-13H2,1H3/t15-,16-,20-,21-/m0/s1. The maximum Gasteiger partial charge on any atom is 0.311 e. The van der Waals surface area contributed by atoms with Crippen molar-refractivity contribution in [3.8, 4) is 5.75 Å². The number of hydrogen-bond acceptors (Lipinski definition) is 4. The Morgan fingerprint density at radius 2 is 1.71 bits per heavy atom. The Hall–Kier alpha value is -2.17. The monoisotopic (exact) mass is 383 g/mol. The van der Waals surface area contributed by atoms with E-state index in [4.69, 9.17) is 4.74 Å². The van der Waals surface area contributed by atoms with Gasteiger partial charge in [0.05, 0.1) is 17.5 Å². The number of benzene rings is 1. The highest BCUT2D eigenvalue weighted by molar-refractivity contribution is 6.22. The van der Waals surface area contributed by atoms with Crippen LogP contribution in [0, 0.1) is 23.7 Å². The molecule has 0 unspecified atom stereocenters. The smallest absolute Gasteiger partial charge is 0.311 e. The number of carbonyl (C=O) groups is 3. The first kappa shape index (κ1) is 19.2. The van der Waals surface area contributed by atoms with Crippen molar-refractivity contribution in [3.63, 3.8) is 0 Å². The predicted octanol–water partition coefficient (Wildman–Crippen LogP) is 4.49. The zero-order chi connectivity index (χ0) is 19.7. The molecule has 2 amide bonds. The van der Waals surface area contributed by atoms with Gasteiger partial charge < -0.3 is 4.74 Å². The lowest BCUT2D eigenvalue weighted by Gasteiger charge is -2.19. The number of imide groups is 1. The first-order chi connectivity index (χ1) is 13.6. The van der Waals surface area contributed by atoms with Gasteiger partial charge in [-0.25, -0.2) is 4.90 Å². The minimum Gasteiger partial charge on any atom is -0.426 e. The van der Waals surface area contributed by atoms with E-state index >= 15 is 0 Å². The van der Waals surface area contributed by atoms with Gasteiger partial charge in [0, 0.05) is 12.5 Å². The summed E-state index contributed by atoms with van der Waals surface area (Å²) in [6.45, 7) is 2.16. The van der Waals surface area contributed by atoms with Crippen molar-refractivity contribution in [3.05, 3.63) is 24.3 Å². The molecule has 1 aliphatic heterocycles. The quantitative estimate of drug-likeness (QED) is 0.287. The van der Waals surface area contributed by atoms with Crippen molar-refractivity contribution in [2.75, 3.05) is 4.90 Å². The van der Waals surface area contributed by atoms with Crippen LogP contribution in [0.5, 0.6) is 5.75 Å². The highest BCUT2D eigenvalue weighted by atomic mass is 16.5. The lowest BCUT2D eigenvalue weighted by Crippen LogP contribution is -2.32. The van der Waals surface area contributed by atoms with Crippen molar-refractivity contribution >= 4 is 23.5 Å². The number of amides is 2. The van der Waals surface area contributed by atoms with E-state index < -0.39 is 0 Å². The fraction of sp³-hybridized carbons (Fsp3) is 0.609. The van der Waals surface area contributed by atoms with Gasteiger partial charge in [-0.2, -0.15) is 0 Å². The van der Waals surface area contributed by atoms with Gasteiger partial charge in [-0.15, -0.1) is 0 Å². The molecule has 0 radical (unpaired) electrons. The first-order valence-corrected chi connectivity index (χ1v) is 10.8. The Labute approximate surface area is 166 Å². The molecule has 3 aliphatic rings. The second kappa shape index (κ2) is 8.06. The molecule has 2 aliphatic carbocycles. The third kappa shape index (κ3) is 3.47. The first-order valence-electron chi connectivity index (χ1n) is 10.8. The topological polar surface area (TPSA) is 63.7 Å². The van der Waals surface area contributed by atoms with E-state index in [2.05, 4.69) is 6.92 Å². The summed E-state index contributed by atoms with van der Waals surface area (Å²) in [6.07, 6.45) is 8.91. The van der Waals surface area contributed by atoms with Crippen LogP contribution in [0.2, 0.25) is 0 Å². The molecule has 0 spiro atoms. The van der Waals surface area contributed by atoms with E-state index in [1.165, 1.54) is 17.7 Å². The lowest BCUT2D eigenvalue weighted by atomic mass is 9.81. The van der Waals surface area contributed by atoms with Gasteiger partial charge in [0.15, 0.2) is 0 Å². The average Bonchev–Trinajstić information content (AvgIpc) is 3.35. The van der Waals surface area contributed by atoms with Crippen molar-refractivity contribution in [1.82, 2.24) is 0 Å². The van der Waals surface area contributed by atoms with E-state index in [-0.39, 0.29) is 29.6 Å². The van der Waals surface area contributed by atoms with Gasteiger partial charge in [0.1, 0.15) is 5.75 Å². The molecule has 0 aromatic heterocycles. The van der Waals surface area contributed by atoms with E-state index in [1.54, 1.807) is 24.3 Å². The fourth-order valence-electron chi connectivity index (χ4n) is 5.40. The summed E-state index contributed by atoms with van der Waals surface area (Å²) < 4.78 is 5.45. The van der Waals surface area contributed by atoms with Crippen LogP contribution in [0.1, 0.15) is 64.7 Å². The summed E-state index contributed by atoms with van der Waals surface area (Å²) in [7, 11) is 0. The molecular formula is C23H29NO4. The van der Waals surface area contributed by atoms with Gasteiger partial charge in [0.25, 0.3) is 0 Å². The normalized spacial score (nSPS) is 28.1. The number of esters is 1. The van der Waals surface area contributed by atoms with E-state index in [9.17, 15) is 14.4 Å². The predicted molar refractivity (Wildman–Crippen MR) is 106 cm³/mol. The molecule has 1 heterocycles. The molecule has 3 fully saturated rings. The number of anilines is 1. The number of fused-ring (bicyclic) bond motifs is 5. The van der Waals surface area contributed by atoms with Crippen LogP contribution in [0.25, 0.3) is 0 Å². The molecule has 4 rings (SSSR count). The maximum absolute atomic E-state index is 12.9. The Morgan fingerprint density at radius 1 is 1.04 bits per heavy atom. The molecule has 1 saturated heterocycles. The number of ether oxygens (including phenoxy) is 1. The molecule has 4 atom stereocenters. The van der Waals surface area contributed by atoms with Crippen molar-refractivity contribution in [1.29, 1.82) is 0 Å². The number of hydrogen-bond donors (Lipinski definition) is 0. The van der Waals surface area contributed by atoms with Crippen LogP contribution >= 0.6 is 0 Å². The van der Waals surface area contributed by atoms with Gasteiger partial charge in [0.2, 0.25) is 11.8 Å². The molecule has 5 heteroatoms. The zero-order valence-electron chi connectivity index (χ0n) is 16.6. The van der Waals surface area contributed by atoms with E-state index in [0.717, 1.165) is 38.5 Å². The fourth-order valence-corrected chi connectivity index (χ4v) is 5.40. The molecule has 1 aromatic rings. The number of nitrogens with zero attached hydrogens (tertiary/aromatic N) is 1. The van der Waals surface area contributed by atoms with Crippen molar-refractivity contribution < 1.29 is 19.1 Å². The Morgan fingerprint density at radius 3 is 2.39 bits per heavy atom. The Bertz CT molecular complexity index is 746. The molecule has 2 saturated carbocycles. The SMILES string of the molecule is CCCCCCCC(=O)Oc1cccc(N2C(=O)[C@H]3[C@H]4CC[C@@H](C4)[C@@H]3C2=O)c1. The van der Waals surface area contributed by atoms with Crippen LogP contribution in [-0.4, -0.2) is 17.8 Å². The second-order valence-corrected chi connectivity index (χ2v) is 8.53. The number of rotatable bonds is 8. The molecule has 5 nitrogen and oxygen atoms in total. The molecule has 1 aromatic carbocycles. The van der Waals surface area contributed by atoms with Crippen molar-refractivity contribution in [2.24, 2.45) is 23.7 Å². The molecule has 0 N–H and O–H groups in total. The Kier molecular flexibility index (Phi) is 5.51. The van der Waals surface area contributed by atoms with Crippen LogP contribution in [0.3, 0.4) is 0 Å². The van der Waals surface area contributed by atoms with Gasteiger partial charge in [-0.05, 0) is 49.7 Å². The maximum atomic E-state index is 12.9. The molecule has 150 valence electrons. The summed E-state index contributed by atoms with van der Waals surface area (Å²) in [5.41, 5.74) is 0.525. The van der Waals surface area contributed by atoms with Crippen LogP contribution < -0.4 is 9.64 Å². The molecule has 2 bridgehead atoms. The summed E-state index contributed by atoms with van der Waals surface area (Å²) in [5.74, 6) is 0.457. The number of carbonyl (C=O) groups excluding carboxylic acids is 3. The number of unbranched alkanes of at least 4 members (excludes halogenated alkanes) is 4. The zero-order valence-corrected chi connectivity index (χ0v) is 16.6. The van der Waals surface area contributed by atoms with Gasteiger partial charge in [-0.1, -0.05) is 38.7 Å². The van der Waals surface area contributed by atoms with Crippen molar-refractivity contribution in [2.45, 2.75) is 64.7 Å².